The number of phenols is 1. The molecule has 0 radical (unpaired) electrons. The second-order valence-electron chi connectivity index (χ2n) is 30.5. The Balaban J connectivity index is 1.98. The lowest BCUT2D eigenvalue weighted by molar-refractivity contribution is -0.143. The van der Waals surface area contributed by atoms with Crippen LogP contribution in [0.3, 0.4) is 0 Å². The minimum Gasteiger partial charge on any atom is -0.508 e. The van der Waals surface area contributed by atoms with Gasteiger partial charge in [0.15, 0.2) is 5.96 Å². The van der Waals surface area contributed by atoms with Gasteiger partial charge in [0.25, 0.3) is 0 Å². The van der Waals surface area contributed by atoms with Crippen LogP contribution in [0.2, 0.25) is 0 Å². The molecule has 1 heterocycles. The fourth-order valence-corrected chi connectivity index (χ4v) is 13.1. The molecule has 1 aliphatic heterocycles. The standard InChI is InChI=1S/C78H124N20O22S/c1-10-42(6)62(75(118)95-61(41(4)5)74(117)93-52(34-40(2)3)68(111)90-53(35-45-18-12-11-13-19-45)69(112)86-50(29-33-121-9)65(108)85-38-60(105)106)96-71(114)55(37-58(81)102)92-70(113)54(36-46-23-25-47(101)26-24-46)91-72(115)56(39-99)94-66(109)48(21-16-31-84-78(82)83)87-73(116)57-22-17-32-98(57)77(120)51(20-14-15-30-79)89-67(110)49(27-28-59(103)104)88-76(119)63(44(8)100)97-64(107)43(7)80/h11-13,18-19,23-26,40-44,48-57,61-63,99-101H,10,14-17,20-22,27-39,79-80H2,1-9H3,(H2,81,102)(H,85,108)(H,86,112)(H,87,116)(H,88,119)(H,89,110)(H,90,111)(H,91,115)(H,92,113)(H,93,117)(H,94,109)(H,95,118)(H,96,114)(H,97,107)(H,103,104)(H,105,106)(H4,82,83,84)/t42-,43-,44+,48-,49-,50-,51-,52-,53-,54-,55-,56-,57-,61-,62-,63-/m0/s1. The minimum atomic E-state index is -1.95. The Bertz CT molecular complexity index is 3840. The summed E-state index contributed by atoms with van der Waals surface area (Å²) >= 11 is 1.37. The molecule has 28 N–H and O–H groups in total. The molecule has 1 saturated heterocycles. The number of hydrogen-bond acceptors (Lipinski definition) is 24. The quantitative estimate of drug-likeness (QED) is 0.0167. The molecule has 2 aromatic rings. The van der Waals surface area contributed by atoms with Crippen molar-refractivity contribution in [2.75, 3.05) is 44.8 Å². The van der Waals surface area contributed by atoms with Crippen molar-refractivity contribution in [1.29, 1.82) is 5.41 Å². The van der Waals surface area contributed by atoms with E-state index in [1.165, 1.54) is 49.9 Å². The number of carbonyl (C=O) groups is 17. The van der Waals surface area contributed by atoms with Crippen molar-refractivity contribution in [3.8, 4) is 5.75 Å². The van der Waals surface area contributed by atoms with Crippen LogP contribution in [0.1, 0.15) is 150 Å². The minimum absolute atomic E-state index is 0.000476. The van der Waals surface area contributed by atoms with Crippen molar-refractivity contribution in [2.45, 2.75) is 242 Å². The zero-order chi connectivity index (χ0) is 90.9. The number of thioether (sulfide) groups is 1. The molecule has 0 spiro atoms. The fourth-order valence-electron chi connectivity index (χ4n) is 12.7. The van der Waals surface area contributed by atoms with Gasteiger partial charge in [-0.05, 0) is 138 Å². The Morgan fingerprint density at radius 3 is 1.54 bits per heavy atom. The molecule has 15 amide bonds. The zero-order valence-corrected chi connectivity index (χ0v) is 70.6. The Hall–Kier alpha value is -11.3. The Labute approximate surface area is 706 Å². The molecule has 2 aromatic carbocycles. The number of benzene rings is 2. The van der Waals surface area contributed by atoms with Crippen LogP contribution >= 0.6 is 11.8 Å². The third kappa shape index (κ3) is 37.1. The average molecular weight is 1730 g/mol. The summed E-state index contributed by atoms with van der Waals surface area (Å²) in [5.41, 5.74) is 23.5. The maximum absolute atomic E-state index is 14.7. The SMILES string of the molecule is CC[C@H](C)[C@H](NC(=O)[C@H](CC(N)=O)NC(=O)[C@H](Cc1ccc(O)cc1)NC(=O)[C@H](CO)NC(=O)[C@H](CCCNC(=N)N)NC(=O)[C@@H]1CCCN1C(=O)[C@H](CCCCN)NC(=O)[C@H](CCC(=O)O)NC(=O)[C@@H](NC(=O)[C@H](C)N)[C@@H](C)O)C(=O)N[C@H](C(=O)N[C@@H](CC(C)C)C(=O)N[C@@H](Cc1ccccc1)C(=O)N[C@@H](CCSC)C(=O)NCC(=O)O)C(C)C. The second-order valence-corrected chi connectivity index (χ2v) is 31.5. The van der Waals surface area contributed by atoms with Gasteiger partial charge in [-0.1, -0.05) is 90.4 Å². The number of aliphatic carboxylic acids is 2. The molecular weight excluding hydrogens is 1600 g/mol. The summed E-state index contributed by atoms with van der Waals surface area (Å²) < 4.78 is 0. The zero-order valence-electron chi connectivity index (χ0n) is 69.8. The number of phenolic OH excluding ortho intramolecular Hbond substituents is 1. The van der Waals surface area contributed by atoms with Crippen molar-refractivity contribution in [2.24, 2.45) is 40.7 Å². The number of hydrogen-bond donors (Lipinski definition) is 24. The molecule has 0 unspecified atom stereocenters. The first-order valence-electron chi connectivity index (χ1n) is 40.1. The number of nitrogens with two attached hydrogens (primary N) is 4. The molecule has 121 heavy (non-hydrogen) atoms. The summed E-state index contributed by atoms with van der Waals surface area (Å²) in [5, 5.41) is 93.0. The topological polar surface area (TPSA) is 691 Å². The predicted octanol–water partition coefficient (Wildman–Crippen LogP) is -5.46. The van der Waals surface area contributed by atoms with Gasteiger partial charge in [-0.3, -0.25) is 86.9 Å². The predicted molar refractivity (Wildman–Crippen MR) is 442 cm³/mol. The Morgan fingerprint density at radius 2 is 1.01 bits per heavy atom. The lowest BCUT2D eigenvalue weighted by atomic mass is 9.95. The van der Waals surface area contributed by atoms with Crippen LogP contribution in [0, 0.1) is 23.2 Å². The second kappa shape index (κ2) is 53.4. The number of likely N-dealkylation sites (tertiary alicyclic amines) is 1. The average Bonchev–Trinajstić information content (AvgIpc) is 1.73. The summed E-state index contributed by atoms with van der Waals surface area (Å²) in [6.45, 7) is 10.6. The fraction of sp³-hybridized carbons (Fsp3) is 0.615. The molecule has 0 bridgehead atoms. The Kier molecular flexibility index (Phi) is 45.8. The first kappa shape index (κ1) is 104. The number of carboxylic acid groups (broad SMARTS) is 2. The third-order valence-corrected chi connectivity index (χ3v) is 20.2. The van der Waals surface area contributed by atoms with Gasteiger partial charge in [0.05, 0.1) is 25.2 Å². The number of aliphatic hydroxyl groups excluding tert-OH is 2. The molecule has 16 atom stereocenters. The van der Waals surface area contributed by atoms with Gasteiger partial charge in [0.1, 0.15) is 90.8 Å². The number of amides is 15. The van der Waals surface area contributed by atoms with Crippen molar-refractivity contribution in [3.05, 3.63) is 65.7 Å². The van der Waals surface area contributed by atoms with Crippen LogP contribution in [0.25, 0.3) is 0 Å². The molecular formula is C78H124N20O22S. The van der Waals surface area contributed by atoms with Gasteiger partial charge >= 0.3 is 11.9 Å². The van der Waals surface area contributed by atoms with E-state index in [1.54, 1.807) is 78.1 Å². The highest BCUT2D eigenvalue weighted by Crippen LogP contribution is 2.23. The first-order valence-corrected chi connectivity index (χ1v) is 41.5. The van der Waals surface area contributed by atoms with Crippen molar-refractivity contribution >= 4 is 118 Å². The van der Waals surface area contributed by atoms with Crippen molar-refractivity contribution < 1.29 is 107 Å². The van der Waals surface area contributed by atoms with Crippen LogP contribution < -0.4 is 97.4 Å². The number of nitrogens with one attached hydrogen (secondary N) is 15. The summed E-state index contributed by atoms with van der Waals surface area (Å²) in [5.74, 6) is -19.5. The number of aliphatic hydroxyl groups is 2. The van der Waals surface area contributed by atoms with E-state index in [0.29, 0.717) is 17.7 Å². The number of aromatic hydroxyl groups is 1. The molecule has 42 nitrogen and oxygen atoms in total. The number of carbonyl (C=O) groups excluding carboxylic acids is 15. The normalized spacial score (nSPS) is 16.2. The summed E-state index contributed by atoms with van der Waals surface area (Å²) in [6, 6.07) is -7.63. The summed E-state index contributed by atoms with van der Waals surface area (Å²) in [4.78, 5) is 236. The van der Waals surface area contributed by atoms with Crippen LogP contribution in [0.5, 0.6) is 5.75 Å². The van der Waals surface area contributed by atoms with E-state index in [0.717, 1.165) is 4.90 Å². The van der Waals surface area contributed by atoms with Crippen molar-refractivity contribution in [3.63, 3.8) is 0 Å². The number of rotatable bonds is 55. The van der Waals surface area contributed by atoms with E-state index in [4.69, 9.17) is 28.3 Å². The largest absolute Gasteiger partial charge is 0.508 e. The van der Waals surface area contributed by atoms with E-state index in [1.807, 2.05) is 0 Å². The van der Waals surface area contributed by atoms with E-state index < -0.39 is 248 Å². The van der Waals surface area contributed by atoms with E-state index in [-0.39, 0.29) is 101 Å². The third-order valence-electron chi connectivity index (χ3n) is 19.6. The Morgan fingerprint density at radius 1 is 0.529 bits per heavy atom. The smallest absolute Gasteiger partial charge is 0.322 e. The molecule has 3 rings (SSSR count). The highest BCUT2D eigenvalue weighted by Gasteiger charge is 2.43. The summed E-state index contributed by atoms with van der Waals surface area (Å²) in [7, 11) is 0. The van der Waals surface area contributed by atoms with E-state index >= 15 is 0 Å². The molecule has 0 aliphatic carbocycles. The molecule has 0 saturated carbocycles. The van der Waals surface area contributed by atoms with E-state index in [9.17, 15) is 107 Å². The summed E-state index contributed by atoms with van der Waals surface area (Å²) in [6.07, 6.45) is -1.76. The van der Waals surface area contributed by atoms with Gasteiger partial charge in [-0.2, -0.15) is 11.8 Å². The van der Waals surface area contributed by atoms with Gasteiger partial charge in [-0.15, -0.1) is 0 Å². The lowest BCUT2D eigenvalue weighted by Gasteiger charge is -2.31. The van der Waals surface area contributed by atoms with Crippen LogP contribution in [0.4, 0.5) is 0 Å². The monoisotopic (exact) mass is 1720 g/mol. The van der Waals surface area contributed by atoms with Crippen LogP contribution in [-0.4, -0.2) is 272 Å². The molecule has 1 aliphatic rings. The molecule has 674 valence electrons. The number of unbranched alkanes of at least 4 members (excludes halogenated alkanes) is 1. The number of guanidine groups is 1. The number of primary amides is 1. The molecule has 43 heteroatoms. The molecule has 0 aromatic heterocycles. The van der Waals surface area contributed by atoms with Gasteiger partial charge < -0.3 is 128 Å². The van der Waals surface area contributed by atoms with Gasteiger partial charge in [0.2, 0.25) is 88.6 Å². The number of carboxylic acids is 2. The van der Waals surface area contributed by atoms with Gasteiger partial charge in [0, 0.05) is 32.4 Å². The number of nitrogens with zero attached hydrogens (tertiary/aromatic N) is 1. The maximum Gasteiger partial charge on any atom is 0.322 e. The molecule has 1 fully saturated rings. The van der Waals surface area contributed by atoms with Crippen LogP contribution in [-0.2, 0) is 94.3 Å². The highest BCUT2D eigenvalue weighted by atomic mass is 32.2. The van der Waals surface area contributed by atoms with Crippen LogP contribution in [0.15, 0.2) is 54.6 Å². The maximum atomic E-state index is 14.7. The van der Waals surface area contributed by atoms with E-state index in [2.05, 4.69) is 74.4 Å². The first-order chi connectivity index (χ1) is 57.0. The van der Waals surface area contributed by atoms with Crippen molar-refractivity contribution in [1.82, 2.24) is 79.3 Å². The lowest BCUT2D eigenvalue weighted by Crippen LogP contribution is -2.62. The van der Waals surface area contributed by atoms with Gasteiger partial charge in [-0.25, -0.2) is 0 Å². The highest BCUT2D eigenvalue weighted by molar-refractivity contribution is 7.98.